The Labute approximate surface area is 118 Å². The highest BCUT2D eigenvalue weighted by molar-refractivity contribution is 5.61. The maximum atomic E-state index is 12.4. The average molecular weight is 272 g/mol. The van der Waals surface area contributed by atoms with Gasteiger partial charge in [0.05, 0.1) is 12.3 Å². The van der Waals surface area contributed by atoms with E-state index in [1.807, 2.05) is 44.2 Å². The Morgan fingerprint density at radius 1 is 1.20 bits per heavy atom. The topological polar surface area (TPSA) is 68.2 Å². The van der Waals surface area contributed by atoms with Gasteiger partial charge >= 0.3 is 0 Å². The highest BCUT2D eigenvalue weighted by Crippen LogP contribution is 2.21. The molecule has 2 rings (SSSR count). The molecule has 0 radical (unpaired) electrons. The summed E-state index contributed by atoms with van der Waals surface area (Å²) < 4.78 is 1.60. The number of aliphatic hydroxyl groups excluding tert-OH is 1. The van der Waals surface area contributed by atoms with Gasteiger partial charge in [0.15, 0.2) is 0 Å². The predicted octanol–water partition coefficient (Wildman–Crippen LogP) is 1.58. The second kappa shape index (κ2) is 6.03. The summed E-state index contributed by atoms with van der Waals surface area (Å²) in [5, 5.41) is 9.20. The Hall–Kier alpha value is -1.91. The first kappa shape index (κ1) is 14.5. The van der Waals surface area contributed by atoms with E-state index in [4.69, 9.17) is 5.73 Å². The molecule has 20 heavy (non-hydrogen) atoms. The maximum absolute atomic E-state index is 12.4. The second-order valence-corrected chi connectivity index (χ2v) is 4.94. The van der Waals surface area contributed by atoms with E-state index in [1.165, 1.54) is 5.56 Å². The fourth-order valence-corrected chi connectivity index (χ4v) is 2.34. The summed E-state index contributed by atoms with van der Waals surface area (Å²) in [6.07, 6.45) is 0. The van der Waals surface area contributed by atoms with Crippen molar-refractivity contribution in [2.75, 3.05) is 6.61 Å². The van der Waals surface area contributed by atoms with E-state index in [2.05, 4.69) is 0 Å². The molecule has 0 saturated carbocycles. The van der Waals surface area contributed by atoms with Gasteiger partial charge in [-0.05, 0) is 31.0 Å². The molecule has 0 aliphatic rings. The number of benzene rings is 1. The minimum atomic E-state index is -0.114. The van der Waals surface area contributed by atoms with Crippen LogP contribution in [0.5, 0.6) is 0 Å². The number of hydrogen-bond donors (Lipinski definition) is 2. The van der Waals surface area contributed by atoms with Crippen LogP contribution in [0, 0.1) is 13.8 Å². The molecule has 1 heterocycles. The summed E-state index contributed by atoms with van der Waals surface area (Å²) in [7, 11) is 0. The lowest BCUT2D eigenvalue weighted by Crippen LogP contribution is -2.29. The molecular formula is C16H20N2O2. The van der Waals surface area contributed by atoms with Gasteiger partial charge in [-0.15, -0.1) is 0 Å². The van der Waals surface area contributed by atoms with Crippen molar-refractivity contribution in [3.63, 3.8) is 0 Å². The molecule has 106 valence electrons. The van der Waals surface area contributed by atoms with Gasteiger partial charge in [0.2, 0.25) is 0 Å². The number of nitrogens with zero attached hydrogens (tertiary/aromatic N) is 1. The molecule has 0 saturated heterocycles. The molecule has 0 aliphatic carbocycles. The number of aliphatic hydroxyl groups is 1. The van der Waals surface area contributed by atoms with Crippen molar-refractivity contribution in [3.8, 4) is 11.3 Å². The van der Waals surface area contributed by atoms with Crippen LogP contribution in [-0.2, 0) is 13.1 Å². The molecule has 0 fully saturated rings. The zero-order chi connectivity index (χ0) is 14.7. The zero-order valence-corrected chi connectivity index (χ0v) is 11.9. The number of aromatic nitrogens is 1. The third-order valence-electron chi connectivity index (χ3n) is 3.50. The van der Waals surface area contributed by atoms with Crippen LogP contribution in [-0.4, -0.2) is 16.3 Å². The van der Waals surface area contributed by atoms with Crippen molar-refractivity contribution in [2.24, 2.45) is 5.73 Å². The molecule has 4 heteroatoms. The molecule has 0 bridgehead atoms. The van der Waals surface area contributed by atoms with Gasteiger partial charge in [-0.1, -0.05) is 29.8 Å². The van der Waals surface area contributed by atoms with Crippen molar-refractivity contribution in [1.29, 1.82) is 0 Å². The van der Waals surface area contributed by atoms with Crippen LogP contribution in [0.25, 0.3) is 11.3 Å². The Kier molecular flexibility index (Phi) is 4.37. The smallest absolute Gasteiger partial charge is 0.255 e. The summed E-state index contributed by atoms with van der Waals surface area (Å²) in [6, 6.07) is 9.95. The van der Waals surface area contributed by atoms with Crippen LogP contribution in [0.4, 0.5) is 0 Å². The average Bonchev–Trinajstić information content (AvgIpc) is 2.43. The van der Waals surface area contributed by atoms with Crippen LogP contribution in [0.1, 0.15) is 16.7 Å². The number of nitrogens with two attached hydrogens (primary N) is 1. The molecule has 4 nitrogen and oxygen atoms in total. The largest absolute Gasteiger partial charge is 0.395 e. The van der Waals surface area contributed by atoms with Crippen molar-refractivity contribution < 1.29 is 5.11 Å². The maximum Gasteiger partial charge on any atom is 0.255 e. The molecule has 3 N–H and O–H groups in total. The first-order valence-corrected chi connectivity index (χ1v) is 6.69. The summed E-state index contributed by atoms with van der Waals surface area (Å²) in [4.78, 5) is 12.4. The molecule has 0 spiro atoms. The van der Waals surface area contributed by atoms with Gasteiger partial charge in [-0.25, -0.2) is 0 Å². The number of rotatable bonds is 4. The molecule has 2 aromatic rings. The van der Waals surface area contributed by atoms with Crippen LogP contribution in [0.3, 0.4) is 0 Å². The van der Waals surface area contributed by atoms with E-state index in [9.17, 15) is 9.90 Å². The highest BCUT2D eigenvalue weighted by atomic mass is 16.3. The molecule has 0 unspecified atom stereocenters. The summed E-state index contributed by atoms with van der Waals surface area (Å²) in [6.45, 7) is 4.32. The standard InChI is InChI=1S/C16H20N2O2/c1-11-3-5-13(6-4-11)15-9-12(2)14(10-17)16(20)18(15)7-8-19/h3-6,9,19H,7-8,10,17H2,1-2H3. The van der Waals surface area contributed by atoms with Crippen LogP contribution in [0.2, 0.25) is 0 Å². The minimum absolute atomic E-state index is 0.0775. The fraction of sp³-hybridized carbons (Fsp3) is 0.312. The Bertz CT molecular complexity index is 657. The van der Waals surface area contributed by atoms with Crippen molar-refractivity contribution >= 4 is 0 Å². The van der Waals surface area contributed by atoms with E-state index in [1.54, 1.807) is 4.57 Å². The SMILES string of the molecule is Cc1ccc(-c2cc(C)c(CN)c(=O)n2CCO)cc1. The lowest BCUT2D eigenvalue weighted by atomic mass is 10.0. The summed E-state index contributed by atoms with van der Waals surface area (Å²) >= 11 is 0. The Balaban J connectivity index is 2.68. The first-order valence-electron chi connectivity index (χ1n) is 6.69. The van der Waals surface area contributed by atoms with Gasteiger partial charge in [0, 0.05) is 18.7 Å². The van der Waals surface area contributed by atoms with Gasteiger partial charge < -0.3 is 15.4 Å². The Morgan fingerprint density at radius 3 is 2.40 bits per heavy atom. The quantitative estimate of drug-likeness (QED) is 0.888. The summed E-state index contributed by atoms with van der Waals surface area (Å²) in [5.41, 5.74) is 9.98. The molecule has 0 aliphatic heterocycles. The third-order valence-corrected chi connectivity index (χ3v) is 3.50. The van der Waals surface area contributed by atoms with Gasteiger partial charge in [0.25, 0.3) is 5.56 Å². The van der Waals surface area contributed by atoms with Crippen molar-refractivity contribution in [3.05, 3.63) is 57.4 Å². The van der Waals surface area contributed by atoms with Crippen molar-refractivity contribution in [1.82, 2.24) is 4.57 Å². The molecule has 1 aromatic carbocycles. The molecule has 0 atom stereocenters. The van der Waals surface area contributed by atoms with E-state index < -0.39 is 0 Å². The Morgan fingerprint density at radius 2 is 1.85 bits per heavy atom. The minimum Gasteiger partial charge on any atom is -0.395 e. The molecule has 1 aromatic heterocycles. The molecule has 0 amide bonds. The van der Waals surface area contributed by atoms with Crippen LogP contribution >= 0.6 is 0 Å². The van der Waals surface area contributed by atoms with Crippen molar-refractivity contribution in [2.45, 2.75) is 26.9 Å². The first-order chi connectivity index (χ1) is 9.58. The highest BCUT2D eigenvalue weighted by Gasteiger charge is 2.12. The van der Waals surface area contributed by atoms with E-state index in [-0.39, 0.29) is 25.3 Å². The van der Waals surface area contributed by atoms with Gasteiger partial charge in [-0.2, -0.15) is 0 Å². The summed E-state index contributed by atoms with van der Waals surface area (Å²) in [5.74, 6) is 0. The molecular weight excluding hydrogens is 252 g/mol. The van der Waals surface area contributed by atoms with Gasteiger partial charge in [0.1, 0.15) is 0 Å². The lowest BCUT2D eigenvalue weighted by molar-refractivity contribution is 0.274. The van der Waals surface area contributed by atoms with E-state index in [0.29, 0.717) is 5.56 Å². The number of aryl methyl sites for hydroxylation is 2. The van der Waals surface area contributed by atoms with Crippen LogP contribution in [0.15, 0.2) is 35.1 Å². The van der Waals surface area contributed by atoms with Crippen LogP contribution < -0.4 is 11.3 Å². The van der Waals surface area contributed by atoms with E-state index in [0.717, 1.165) is 16.8 Å². The normalized spacial score (nSPS) is 10.8. The fourth-order valence-electron chi connectivity index (χ4n) is 2.34. The zero-order valence-electron chi connectivity index (χ0n) is 11.9. The van der Waals surface area contributed by atoms with Gasteiger partial charge in [-0.3, -0.25) is 4.79 Å². The number of hydrogen-bond acceptors (Lipinski definition) is 3. The second-order valence-electron chi connectivity index (χ2n) is 4.94. The van der Waals surface area contributed by atoms with E-state index >= 15 is 0 Å². The lowest BCUT2D eigenvalue weighted by Gasteiger charge is -2.16. The number of pyridine rings is 1. The predicted molar refractivity (Wildman–Crippen MR) is 80.6 cm³/mol. The third kappa shape index (κ3) is 2.66. The monoisotopic (exact) mass is 272 g/mol.